The molecular weight excluding hydrogens is 472 g/mol. The third-order valence-electron chi connectivity index (χ3n) is 7.04. The molecule has 1 saturated carbocycles. The molecule has 2 aromatic rings. The van der Waals surface area contributed by atoms with Crippen molar-refractivity contribution in [1.29, 1.82) is 0 Å². The Bertz CT molecular complexity index is 1240. The van der Waals surface area contributed by atoms with E-state index >= 15 is 0 Å². The van der Waals surface area contributed by atoms with Crippen LogP contribution in [-0.4, -0.2) is 52.2 Å². The van der Waals surface area contributed by atoms with E-state index in [1.165, 1.54) is 12.3 Å². The van der Waals surface area contributed by atoms with Gasteiger partial charge in [0.15, 0.2) is 11.4 Å². The minimum absolute atomic E-state index is 0.0593. The molecule has 1 aromatic heterocycles. The molecule has 10 heteroatoms. The summed E-state index contributed by atoms with van der Waals surface area (Å²) in [7, 11) is 0. The van der Waals surface area contributed by atoms with Crippen LogP contribution in [0.5, 0.6) is 5.75 Å². The van der Waals surface area contributed by atoms with Gasteiger partial charge in [0.1, 0.15) is 17.2 Å². The highest BCUT2D eigenvalue weighted by atomic mass is 19.1. The molecule has 1 aliphatic heterocycles. The topological polar surface area (TPSA) is 101 Å². The van der Waals surface area contributed by atoms with E-state index in [4.69, 9.17) is 4.74 Å². The number of carbonyl (C=O) groups excluding carboxylic acids is 2. The summed E-state index contributed by atoms with van der Waals surface area (Å²) in [6, 6.07) is 2.87. The number of unbranched alkanes of at least 4 members (excludes halogenated alkanes) is 1. The number of amides is 2. The Balaban J connectivity index is 1.77. The largest absolute Gasteiger partial charge is 0.487 e. The normalized spacial score (nSPS) is 20.6. The molecule has 1 aromatic carbocycles. The zero-order valence-electron chi connectivity index (χ0n) is 20.6. The Morgan fingerprint density at radius 1 is 1.31 bits per heavy atom. The third kappa shape index (κ3) is 4.50. The molecule has 1 aliphatic carbocycles. The van der Waals surface area contributed by atoms with Gasteiger partial charge in [-0.05, 0) is 32.8 Å². The van der Waals surface area contributed by atoms with Crippen molar-refractivity contribution in [2.45, 2.75) is 58.2 Å². The number of rotatable bonds is 9. The smallest absolute Gasteiger partial charge is 0.274 e. The van der Waals surface area contributed by atoms with Gasteiger partial charge in [-0.15, -0.1) is 0 Å². The van der Waals surface area contributed by atoms with Crippen molar-refractivity contribution in [1.82, 2.24) is 14.8 Å². The quantitative estimate of drug-likeness (QED) is 0.513. The van der Waals surface area contributed by atoms with Crippen molar-refractivity contribution in [3.63, 3.8) is 0 Å². The van der Waals surface area contributed by atoms with E-state index in [9.17, 15) is 28.3 Å². The number of benzene rings is 1. The fourth-order valence-corrected chi connectivity index (χ4v) is 4.78. The molecule has 2 atom stereocenters. The van der Waals surface area contributed by atoms with Crippen LogP contribution in [0.3, 0.4) is 0 Å². The number of ether oxygens (including phenoxy) is 1. The lowest BCUT2D eigenvalue weighted by atomic mass is 10.0. The number of aliphatic hydroxyl groups excluding tert-OH is 1. The molecule has 0 bridgehead atoms. The van der Waals surface area contributed by atoms with Gasteiger partial charge < -0.3 is 24.6 Å². The molecule has 2 heterocycles. The van der Waals surface area contributed by atoms with Gasteiger partial charge in [0.05, 0.1) is 12.1 Å². The molecule has 36 heavy (non-hydrogen) atoms. The summed E-state index contributed by atoms with van der Waals surface area (Å²) in [5.41, 5.74) is -1.50. The van der Waals surface area contributed by atoms with Crippen LogP contribution < -0.4 is 15.5 Å². The number of carbonyl (C=O) groups is 2. The molecule has 0 unspecified atom stereocenters. The summed E-state index contributed by atoms with van der Waals surface area (Å²) < 4.78 is 34.7. The van der Waals surface area contributed by atoms with Gasteiger partial charge in [0.2, 0.25) is 5.43 Å². The first-order valence-corrected chi connectivity index (χ1v) is 12.2. The number of hydrogen-bond donors (Lipinski definition) is 2. The van der Waals surface area contributed by atoms with E-state index in [0.717, 1.165) is 12.5 Å². The molecule has 2 N–H and O–H groups in total. The fraction of sp³-hybridized carbons (Fsp3) is 0.500. The first-order valence-electron chi connectivity index (χ1n) is 12.2. The predicted octanol–water partition coefficient (Wildman–Crippen LogP) is 2.81. The van der Waals surface area contributed by atoms with Crippen LogP contribution in [0.25, 0.3) is 0 Å². The maximum atomic E-state index is 14.0. The molecule has 2 aliphatic rings. The van der Waals surface area contributed by atoms with Crippen LogP contribution in [0.4, 0.5) is 8.78 Å². The summed E-state index contributed by atoms with van der Waals surface area (Å²) in [6.45, 7) is 5.87. The van der Waals surface area contributed by atoms with Crippen LogP contribution in [0, 0.1) is 17.6 Å². The monoisotopic (exact) mass is 503 g/mol. The van der Waals surface area contributed by atoms with E-state index in [2.05, 4.69) is 5.32 Å². The van der Waals surface area contributed by atoms with Gasteiger partial charge in [-0.2, -0.15) is 0 Å². The number of halogens is 2. The molecule has 4 rings (SSSR count). The summed E-state index contributed by atoms with van der Waals surface area (Å²) in [5.74, 6) is -3.04. The molecule has 8 nitrogen and oxygen atoms in total. The van der Waals surface area contributed by atoms with Gasteiger partial charge in [-0.1, -0.05) is 19.4 Å². The minimum Gasteiger partial charge on any atom is -0.487 e. The molecule has 1 fully saturated rings. The van der Waals surface area contributed by atoms with Gasteiger partial charge in [0.25, 0.3) is 11.8 Å². The van der Waals surface area contributed by atoms with E-state index in [-0.39, 0.29) is 60.2 Å². The van der Waals surface area contributed by atoms with Crippen molar-refractivity contribution in [2.75, 3.05) is 19.8 Å². The van der Waals surface area contributed by atoms with Crippen LogP contribution in [0.15, 0.2) is 29.2 Å². The van der Waals surface area contributed by atoms with Crippen LogP contribution in [0.1, 0.15) is 66.4 Å². The zero-order valence-corrected chi connectivity index (χ0v) is 20.6. The lowest BCUT2D eigenvalue weighted by Gasteiger charge is -2.40. The average molecular weight is 504 g/mol. The van der Waals surface area contributed by atoms with Gasteiger partial charge >= 0.3 is 0 Å². The minimum atomic E-state index is -0.817. The van der Waals surface area contributed by atoms with Gasteiger partial charge in [-0.3, -0.25) is 14.4 Å². The number of nitrogens with one attached hydrogen (secondary N) is 1. The van der Waals surface area contributed by atoms with Crippen molar-refractivity contribution >= 4 is 11.8 Å². The Hall–Kier alpha value is -3.27. The van der Waals surface area contributed by atoms with Crippen molar-refractivity contribution < 1.29 is 28.2 Å². The van der Waals surface area contributed by atoms with Gasteiger partial charge in [0, 0.05) is 49.5 Å². The SMILES string of the molecule is CCCCOc1c2n(cc(C(=O)NCc3ccc(F)cc3F)c1=O)[C@@]1(C[C@@H]1CO)CN(C(C)C)C2=O. The lowest BCUT2D eigenvalue weighted by Crippen LogP contribution is -2.52. The van der Waals surface area contributed by atoms with Crippen molar-refractivity contribution in [3.05, 3.63) is 63.1 Å². The number of aromatic nitrogens is 1. The predicted molar refractivity (Wildman–Crippen MR) is 128 cm³/mol. The summed E-state index contributed by atoms with van der Waals surface area (Å²) >= 11 is 0. The molecule has 0 radical (unpaired) electrons. The highest BCUT2D eigenvalue weighted by Crippen LogP contribution is 2.54. The second-order valence-corrected chi connectivity index (χ2v) is 9.75. The molecule has 1 spiro atoms. The summed E-state index contributed by atoms with van der Waals surface area (Å²) in [5, 5.41) is 12.4. The number of nitrogens with zero attached hydrogens (tertiary/aromatic N) is 2. The van der Waals surface area contributed by atoms with Crippen molar-refractivity contribution in [2.24, 2.45) is 5.92 Å². The average Bonchev–Trinajstić information content (AvgIpc) is 3.55. The molecular formula is C26H31F2N3O5. The Labute approximate surface area is 207 Å². The van der Waals surface area contributed by atoms with Crippen molar-refractivity contribution in [3.8, 4) is 5.75 Å². The Morgan fingerprint density at radius 3 is 2.67 bits per heavy atom. The van der Waals surface area contributed by atoms with Crippen LogP contribution in [-0.2, 0) is 12.1 Å². The third-order valence-corrected chi connectivity index (χ3v) is 7.04. The maximum Gasteiger partial charge on any atom is 0.274 e. The van der Waals surface area contributed by atoms with Crippen LogP contribution in [0.2, 0.25) is 0 Å². The highest BCUT2D eigenvalue weighted by Gasteiger charge is 2.60. The highest BCUT2D eigenvalue weighted by molar-refractivity contribution is 5.99. The Kier molecular flexibility index (Phi) is 7.17. The second-order valence-electron chi connectivity index (χ2n) is 9.75. The van der Waals surface area contributed by atoms with Crippen LogP contribution >= 0.6 is 0 Å². The van der Waals surface area contributed by atoms with E-state index in [1.54, 1.807) is 9.47 Å². The second kappa shape index (κ2) is 10.0. The fourth-order valence-electron chi connectivity index (χ4n) is 4.78. The number of pyridine rings is 1. The maximum absolute atomic E-state index is 14.0. The standard InChI is InChI=1S/C26H31F2N3O5/c1-4-5-8-36-23-21-25(35)30(15(2)3)14-26(10-17(26)13-32)31(21)12-19(22(23)33)24(34)29-11-16-6-7-18(27)9-20(16)28/h6-7,9,12,15,17,32H,4-5,8,10-11,13-14H2,1-3H3,(H,29,34)/t17-,26+/m1/s1. The molecule has 0 saturated heterocycles. The first-order chi connectivity index (χ1) is 17.1. The van der Waals surface area contributed by atoms with E-state index in [1.807, 2.05) is 20.8 Å². The number of aliphatic hydroxyl groups is 1. The first kappa shape index (κ1) is 25.8. The number of fused-ring (bicyclic) bond motifs is 2. The van der Waals surface area contributed by atoms with Gasteiger partial charge in [-0.25, -0.2) is 8.78 Å². The molecule has 2 amide bonds. The lowest BCUT2D eigenvalue weighted by molar-refractivity contribution is 0.0548. The zero-order chi connectivity index (χ0) is 26.2. The van der Waals surface area contributed by atoms with E-state index < -0.39 is 28.5 Å². The Morgan fingerprint density at radius 2 is 2.06 bits per heavy atom. The number of hydrogen-bond acceptors (Lipinski definition) is 5. The summed E-state index contributed by atoms with van der Waals surface area (Å²) in [4.78, 5) is 41.7. The summed E-state index contributed by atoms with van der Waals surface area (Å²) in [6.07, 6.45) is 3.37. The molecule has 194 valence electrons. The van der Waals surface area contributed by atoms with E-state index in [0.29, 0.717) is 25.5 Å².